The first-order chi connectivity index (χ1) is 11.1. The molecule has 2 aliphatic rings. The van der Waals surface area contributed by atoms with Gasteiger partial charge in [-0.05, 0) is 37.3 Å². The van der Waals surface area contributed by atoms with Crippen LogP contribution in [0.3, 0.4) is 0 Å². The Morgan fingerprint density at radius 1 is 1.22 bits per heavy atom. The van der Waals surface area contributed by atoms with Crippen molar-refractivity contribution in [3.05, 3.63) is 54.1 Å². The lowest BCUT2D eigenvalue weighted by Crippen LogP contribution is -2.65. The van der Waals surface area contributed by atoms with Gasteiger partial charge in [0.1, 0.15) is 0 Å². The second-order valence-corrected chi connectivity index (χ2v) is 6.42. The van der Waals surface area contributed by atoms with Crippen LogP contribution in [0.1, 0.15) is 24.9 Å². The van der Waals surface area contributed by atoms with Crippen LogP contribution in [0, 0.1) is 0 Å². The van der Waals surface area contributed by atoms with Gasteiger partial charge in [0.05, 0.1) is 13.2 Å². The summed E-state index contributed by atoms with van der Waals surface area (Å²) in [6.45, 7) is 2.08. The van der Waals surface area contributed by atoms with Gasteiger partial charge in [0, 0.05) is 17.7 Å². The molecule has 1 N–H and O–H groups in total. The first-order valence-electron chi connectivity index (χ1n) is 7.64. The van der Waals surface area contributed by atoms with Crippen molar-refractivity contribution < 1.29 is 9.47 Å². The van der Waals surface area contributed by atoms with Gasteiger partial charge in [-0.25, -0.2) is 0 Å². The predicted molar refractivity (Wildman–Crippen MR) is 94.0 cm³/mol. The molecule has 0 radical (unpaired) electrons. The molecule has 2 aromatic carbocycles. The predicted octanol–water partition coefficient (Wildman–Crippen LogP) is 3.63. The van der Waals surface area contributed by atoms with E-state index in [-0.39, 0.29) is 6.04 Å². The van der Waals surface area contributed by atoms with Crippen LogP contribution in [-0.4, -0.2) is 17.9 Å². The third kappa shape index (κ3) is 2.15. The fourth-order valence-electron chi connectivity index (χ4n) is 3.49. The van der Waals surface area contributed by atoms with Gasteiger partial charge in [-0.15, -0.1) is 0 Å². The van der Waals surface area contributed by atoms with E-state index in [0.29, 0.717) is 5.11 Å². The van der Waals surface area contributed by atoms with E-state index in [1.807, 2.05) is 47.4 Å². The number of fused-ring (bicyclic) bond motifs is 4. The summed E-state index contributed by atoms with van der Waals surface area (Å²) in [4.78, 5) is 2.05. The van der Waals surface area contributed by atoms with Gasteiger partial charge < -0.3 is 14.8 Å². The highest BCUT2D eigenvalue weighted by Crippen LogP contribution is 2.48. The molecule has 4 nitrogen and oxygen atoms in total. The van der Waals surface area contributed by atoms with Crippen LogP contribution in [0.4, 0.5) is 5.69 Å². The molecule has 2 aliphatic heterocycles. The average Bonchev–Trinajstić information content (AvgIpc) is 2.54. The Hall–Kier alpha value is -2.27. The Kier molecular flexibility index (Phi) is 3.20. The molecule has 5 heteroatoms. The van der Waals surface area contributed by atoms with Crippen LogP contribution in [0.25, 0.3) is 0 Å². The van der Waals surface area contributed by atoms with Crippen molar-refractivity contribution >= 4 is 23.0 Å². The van der Waals surface area contributed by atoms with E-state index in [9.17, 15) is 0 Å². The summed E-state index contributed by atoms with van der Waals surface area (Å²) in [6.07, 6.45) is 0.808. The number of methoxy groups -OCH3 is 1. The number of anilines is 1. The fourth-order valence-corrected chi connectivity index (χ4v) is 3.93. The van der Waals surface area contributed by atoms with Gasteiger partial charge in [0.25, 0.3) is 0 Å². The second kappa shape index (κ2) is 5.13. The third-order valence-corrected chi connectivity index (χ3v) is 4.80. The summed E-state index contributed by atoms with van der Waals surface area (Å²) in [5.41, 5.74) is 1.57. The number of hydrogen-bond donors (Lipinski definition) is 1. The minimum Gasteiger partial charge on any atom is -0.493 e. The Morgan fingerprint density at radius 2 is 2.00 bits per heavy atom. The Labute approximate surface area is 141 Å². The van der Waals surface area contributed by atoms with Gasteiger partial charge in [-0.3, -0.25) is 4.90 Å². The summed E-state index contributed by atoms with van der Waals surface area (Å²) in [7, 11) is 1.67. The highest BCUT2D eigenvalue weighted by atomic mass is 32.1. The zero-order valence-electron chi connectivity index (χ0n) is 13.1. The van der Waals surface area contributed by atoms with E-state index in [0.717, 1.165) is 29.2 Å². The van der Waals surface area contributed by atoms with Crippen molar-refractivity contribution in [1.82, 2.24) is 5.32 Å². The minimum atomic E-state index is -0.546. The molecule has 0 amide bonds. The molecular weight excluding hydrogens is 308 g/mol. The smallest absolute Gasteiger partial charge is 0.188 e. The highest BCUT2D eigenvalue weighted by molar-refractivity contribution is 7.80. The highest BCUT2D eigenvalue weighted by Gasteiger charge is 2.49. The molecular formula is C18H18N2O2S. The molecule has 2 heterocycles. The van der Waals surface area contributed by atoms with Crippen LogP contribution in [0.5, 0.6) is 11.5 Å². The van der Waals surface area contributed by atoms with E-state index >= 15 is 0 Å². The fraction of sp³-hybridized carbons (Fsp3) is 0.278. The molecule has 0 spiro atoms. The minimum absolute atomic E-state index is 0.131. The van der Waals surface area contributed by atoms with Crippen molar-refractivity contribution in [1.29, 1.82) is 0 Å². The van der Waals surface area contributed by atoms with Crippen LogP contribution >= 0.6 is 12.2 Å². The van der Waals surface area contributed by atoms with Crippen LogP contribution in [-0.2, 0) is 0 Å². The van der Waals surface area contributed by atoms with Gasteiger partial charge in [-0.2, -0.15) is 0 Å². The number of benzene rings is 2. The van der Waals surface area contributed by atoms with E-state index in [4.69, 9.17) is 21.7 Å². The number of ether oxygens (including phenoxy) is 2. The Bertz CT molecular complexity index is 765. The number of thiocarbonyl (C=S) groups is 1. The first kappa shape index (κ1) is 14.3. The largest absolute Gasteiger partial charge is 0.493 e. The molecule has 0 saturated carbocycles. The van der Waals surface area contributed by atoms with E-state index in [1.54, 1.807) is 7.11 Å². The van der Waals surface area contributed by atoms with Crippen molar-refractivity contribution in [2.24, 2.45) is 0 Å². The Balaban J connectivity index is 1.83. The lowest BCUT2D eigenvalue weighted by molar-refractivity contribution is 0.0464. The number of nitrogens with zero attached hydrogens (tertiary/aromatic N) is 1. The molecule has 1 fully saturated rings. The second-order valence-electron chi connectivity index (χ2n) is 6.03. The standard InChI is InChI=1S/C18H18N2O2S/c1-18-11-14(13-9-6-10-15(21-2)16(13)22-18)19-17(23)20(18)12-7-4-3-5-8-12/h3-10,14H,11H2,1-2H3,(H,19,23)/t14-,18-/m0/s1. The van der Waals surface area contributed by atoms with Crippen molar-refractivity contribution in [3.8, 4) is 11.5 Å². The van der Waals surface area contributed by atoms with E-state index < -0.39 is 5.72 Å². The molecule has 4 rings (SSSR count). The van der Waals surface area contributed by atoms with Gasteiger partial charge >= 0.3 is 0 Å². The normalized spacial score (nSPS) is 25.2. The lowest BCUT2D eigenvalue weighted by atomic mass is 9.90. The lowest BCUT2D eigenvalue weighted by Gasteiger charge is -2.52. The summed E-state index contributed by atoms with van der Waals surface area (Å²) >= 11 is 5.63. The number of nitrogens with one attached hydrogen (secondary N) is 1. The number of rotatable bonds is 2. The van der Waals surface area contributed by atoms with Crippen molar-refractivity contribution in [2.45, 2.75) is 25.1 Å². The summed E-state index contributed by atoms with van der Waals surface area (Å²) in [5.74, 6) is 1.55. The Morgan fingerprint density at radius 3 is 2.74 bits per heavy atom. The molecule has 0 aliphatic carbocycles. The topological polar surface area (TPSA) is 33.7 Å². The summed E-state index contributed by atoms with van der Waals surface area (Å²) in [5, 5.41) is 4.13. The first-order valence-corrected chi connectivity index (χ1v) is 8.05. The van der Waals surface area contributed by atoms with Gasteiger partial charge in [0.15, 0.2) is 22.3 Å². The van der Waals surface area contributed by atoms with Gasteiger partial charge in [0.2, 0.25) is 0 Å². The monoisotopic (exact) mass is 326 g/mol. The maximum atomic E-state index is 6.42. The van der Waals surface area contributed by atoms with Gasteiger partial charge in [-0.1, -0.05) is 30.3 Å². The van der Waals surface area contributed by atoms with Crippen molar-refractivity contribution in [3.63, 3.8) is 0 Å². The molecule has 2 aromatic rings. The molecule has 0 unspecified atom stereocenters. The van der Waals surface area contributed by atoms with Crippen LogP contribution in [0.15, 0.2) is 48.5 Å². The third-order valence-electron chi connectivity index (χ3n) is 4.50. The maximum Gasteiger partial charge on any atom is 0.188 e. The molecule has 2 bridgehead atoms. The molecule has 23 heavy (non-hydrogen) atoms. The molecule has 0 aromatic heterocycles. The van der Waals surface area contributed by atoms with E-state index in [1.165, 1.54) is 0 Å². The quantitative estimate of drug-likeness (QED) is 0.852. The average molecular weight is 326 g/mol. The maximum absolute atomic E-state index is 6.42. The number of hydrogen-bond acceptors (Lipinski definition) is 3. The zero-order valence-corrected chi connectivity index (χ0v) is 13.9. The zero-order chi connectivity index (χ0) is 16.0. The van der Waals surface area contributed by atoms with Crippen molar-refractivity contribution in [2.75, 3.05) is 12.0 Å². The summed E-state index contributed by atoms with van der Waals surface area (Å²) in [6, 6.07) is 16.2. The summed E-state index contributed by atoms with van der Waals surface area (Å²) < 4.78 is 11.9. The van der Waals surface area contributed by atoms with E-state index in [2.05, 4.69) is 18.3 Å². The van der Waals surface area contributed by atoms with Crippen LogP contribution in [0.2, 0.25) is 0 Å². The molecule has 2 atom stereocenters. The molecule has 118 valence electrons. The van der Waals surface area contributed by atoms with Crippen LogP contribution < -0.4 is 19.7 Å². The SMILES string of the molecule is COc1cccc2c1O[C@@]1(C)C[C@@H]2NC(=S)N1c1ccccc1. The number of para-hydroxylation sites is 2. The molecule has 1 saturated heterocycles.